The van der Waals surface area contributed by atoms with Crippen molar-refractivity contribution in [2.75, 3.05) is 32.6 Å². The maximum absolute atomic E-state index is 15.2. The molecule has 9 nitrogen and oxygen atoms in total. The third-order valence-electron chi connectivity index (χ3n) is 6.03. The molecule has 34 heavy (non-hydrogen) atoms. The molecule has 12 heteroatoms. The van der Waals surface area contributed by atoms with Crippen LogP contribution >= 0.6 is 0 Å². The summed E-state index contributed by atoms with van der Waals surface area (Å²) in [5, 5.41) is 15.4. The van der Waals surface area contributed by atoms with Crippen molar-refractivity contribution in [3.05, 3.63) is 30.2 Å². The Morgan fingerprint density at radius 3 is 2.88 bits per heavy atom. The van der Waals surface area contributed by atoms with Gasteiger partial charge in [0.1, 0.15) is 23.4 Å². The number of methoxy groups -OCH3 is 1. The Labute approximate surface area is 193 Å². The van der Waals surface area contributed by atoms with Crippen molar-refractivity contribution in [1.29, 1.82) is 0 Å². The number of hydrogen-bond acceptors (Lipinski definition) is 7. The fourth-order valence-electron chi connectivity index (χ4n) is 4.38. The maximum Gasteiger partial charge on any atom is 0.244 e. The molecule has 1 saturated heterocycles. The minimum Gasteiger partial charge on any atom is -0.479 e. The van der Waals surface area contributed by atoms with Crippen LogP contribution in [0, 0.1) is 5.82 Å². The van der Waals surface area contributed by atoms with Crippen molar-refractivity contribution in [2.45, 2.75) is 38.3 Å². The highest BCUT2D eigenvalue weighted by Crippen LogP contribution is 2.35. The molecule has 5 rings (SSSR count). The molecule has 4 heterocycles. The zero-order valence-electron chi connectivity index (χ0n) is 19.0. The molecule has 180 valence electrons. The number of fused-ring (bicyclic) bond motifs is 2. The van der Waals surface area contributed by atoms with Gasteiger partial charge in [-0.1, -0.05) is 11.3 Å². The minimum atomic E-state index is -1.12. The molecular weight excluding hydrogens is 449 g/mol. The molecule has 3 atom stereocenters. The predicted molar refractivity (Wildman–Crippen MR) is 121 cm³/mol. The number of hydrogen-bond donors (Lipinski definition) is 1. The lowest BCUT2D eigenvalue weighted by atomic mass is 10.0. The Hall–Kier alpha value is -3.41. The highest BCUT2D eigenvalue weighted by molar-refractivity contribution is 5.89. The van der Waals surface area contributed by atoms with Crippen LogP contribution in [-0.2, 0) is 6.54 Å². The Balaban J connectivity index is 1.56. The van der Waals surface area contributed by atoms with Gasteiger partial charge in [0.25, 0.3) is 0 Å². The number of benzene rings is 1. The third kappa shape index (κ3) is 4.02. The van der Waals surface area contributed by atoms with Gasteiger partial charge in [0.05, 0.1) is 37.0 Å². The van der Waals surface area contributed by atoms with Crippen molar-refractivity contribution < 1.29 is 17.9 Å². The molecule has 0 spiro atoms. The molecule has 0 aliphatic carbocycles. The average Bonchev–Trinajstić information content (AvgIpc) is 3.34. The van der Waals surface area contributed by atoms with Crippen molar-refractivity contribution in [1.82, 2.24) is 34.5 Å². The van der Waals surface area contributed by atoms with Crippen LogP contribution in [0.4, 0.5) is 19.1 Å². The zero-order valence-corrected chi connectivity index (χ0v) is 19.0. The third-order valence-corrected chi connectivity index (χ3v) is 6.03. The summed E-state index contributed by atoms with van der Waals surface area (Å²) in [6, 6.07) is 4.65. The molecule has 1 aliphatic heterocycles. The van der Waals surface area contributed by atoms with E-state index in [0.717, 1.165) is 6.54 Å². The maximum atomic E-state index is 15.2. The first-order chi connectivity index (χ1) is 16.3. The first-order valence-corrected chi connectivity index (χ1v) is 11.0. The second kappa shape index (κ2) is 8.75. The number of halogens is 3. The van der Waals surface area contributed by atoms with Gasteiger partial charge in [-0.25, -0.2) is 22.4 Å². The largest absolute Gasteiger partial charge is 0.479 e. The number of nitrogens with one attached hydrogen (secondary N) is 1. The highest BCUT2D eigenvalue weighted by Gasteiger charge is 2.29. The van der Waals surface area contributed by atoms with Gasteiger partial charge in [0.15, 0.2) is 5.82 Å². The van der Waals surface area contributed by atoms with Crippen LogP contribution in [0.1, 0.15) is 13.3 Å². The Kier molecular flexibility index (Phi) is 5.76. The summed E-state index contributed by atoms with van der Waals surface area (Å²) in [4.78, 5) is 6.31. The lowest BCUT2D eigenvalue weighted by Gasteiger charge is -2.32. The minimum absolute atomic E-state index is 0.0347. The van der Waals surface area contributed by atoms with Crippen LogP contribution < -0.4 is 10.1 Å². The number of rotatable bonds is 6. The number of piperidine rings is 1. The second-order valence-electron chi connectivity index (χ2n) is 8.66. The van der Waals surface area contributed by atoms with Crippen molar-refractivity contribution in [3.8, 4) is 17.0 Å². The molecule has 0 amide bonds. The summed E-state index contributed by atoms with van der Waals surface area (Å²) in [7, 11) is 3.30. The van der Waals surface area contributed by atoms with Crippen LogP contribution in [0.2, 0.25) is 0 Å². The van der Waals surface area contributed by atoms with Crippen molar-refractivity contribution in [2.24, 2.45) is 0 Å². The topological polar surface area (TPSA) is 85.4 Å². The van der Waals surface area contributed by atoms with Crippen LogP contribution in [-0.4, -0.2) is 80.1 Å². The smallest absolute Gasteiger partial charge is 0.244 e. The van der Waals surface area contributed by atoms with E-state index in [1.54, 1.807) is 18.2 Å². The summed E-state index contributed by atoms with van der Waals surface area (Å²) in [5.74, 6) is -0.244. The summed E-state index contributed by atoms with van der Waals surface area (Å²) < 4.78 is 51.5. The van der Waals surface area contributed by atoms with Crippen molar-refractivity contribution in [3.63, 3.8) is 0 Å². The van der Waals surface area contributed by atoms with Crippen LogP contribution in [0.5, 0.6) is 5.88 Å². The number of alkyl halides is 2. The van der Waals surface area contributed by atoms with E-state index in [1.807, 2.05) is 11.9 Å². The Morgan fingerprint density at radius 1 is 1.32 bits per heavy atom. The van der Waals surface area contributed by atoms with E-state index in [1.165, 1.54) is 29.4 Å². The number of ether oxygens (including phenoxy) is 1. The van der Waals surface area contributed by atoms with E-state index in [9.17, 15) is 8.78 Å². The first-order valence-electron chi connectivity index (χ1n) is 11.0. The number of nitrogens with zero attached hydrogens (tertiary/aromatic N) is 7. The molecule has 1 aromatic carbocycles. The first kappa shape index (κ1) is 22.4. The monoisotopic (exact) mass is 474 g/mol. The van der Waals surface area contributed by atoms with E-state index in [2.05, 4.69) is 25.7 Å². The van der Waals surface area contributed by atoms with Crippen LogP contribution in [0.3, 0.4) is 0 Å². The number of aromatic nitrogens is 6. The summed E-state index contributed by atoms with van der Waals surface area (Å²) in [5.41, 5.74) is 2.22. The van der Waals surface area contributed by atoms with E-state index in [-0.39, 0.29) is 23.9 Å². The number of likely N-dealkylation sites (tertiary alicyclic amines) is 1. The Bertz CT molecular complexity index is 1340. The van der Waals surface area contributed by atoms with Gasteiger partial charge in [0, 0.05) is 13.1 Å². The van der Waals surface area contributed by atoms with Gasteiger partial charge < -0.3 is 15.0 Å². The SMILES string of the molecule is COc1nc(N[C@@H]2CCN(C)C[C@@H]2F)nn2cc(F)c(-c3ccc4nnn(C[C@@H](C)F)c4c3)c12. The predicted octanol–water partition coefficient (Wildman–Crippen LogP) is 3.10. The molecule has 3 aromatic heterocycles. The zero-order chi connectivity index (χ0) is 24.0. The molecule has 1 aliphatic rings. The van der Waals surface area contributed by atoms with Gasteiger partial charge in [-0.3, -0.25) is 0 Å². The van der Waals surface area contributed by atoms with E-state index in [4.69, 9.17) is 4.74 Å². The second-order valence-corrected chi connectivity index (χ2v) is 8.66. The molecule has 0 bridgehead atoms. The highest BCUT2D eigenvalue weighted by atomic mass is 19.1. The van der Waals surface area contributed by atoms with E-state index >= 15 is 4.39 Å². The number of anilines is 1. The summed E-state index contributed by atoms with van der Waals surface area (Å²) in [6.45, 7) is 2.53. The molecular formula is C22H25F3N8O. The van der Waals surface area contributed by atoms with Gasteiger partial charge in [0.2, 0.25) is 11.8 Å². The molecule has 1 N–H and O–H groups in total. The molecule has 0 unspecified atom stereocenters. The Morgan fingerprint density at radius 2 is 2.15 bits per heavy atom. The molecule has 4 aromatic rings. The van der Waals surface area contributed by atoms with E-state index in [0.29, 0.717) is 35.1 Å². The van der Waals surface area contributed by atoms with Gasteiger partial charge in [-0.15, -0.1) is 10.2 Å². The fraction of sp³-hybridized carbons (Fsp3) is 0.455. The summed E-state index contributed by atoms with van der Waals surface area (Å²) in [6.07, 6.45) is -0.386. The standard InChI is InChI=1S/C22H25F3N8O/c1-12(23)9-32-18-8-13(4-5-17(18)28-30-32)19-15(25)11-33-20(19)21(34-3)27-22(29-33)26-16-6-7-31(2)10-14(16)24/h4-5,8,11-12,14,16H,6-7,9-10H2,1-3H3,(H,26,29)/t12-,14+,16-/m1/s1. The van der Waals surface area contributed by atoms with Gasteiger partial charge >= 0.3 is 0 Å². The van der Waals surface area contributed by atoms with Gasteiger partial charge in [-0.2, -0.15) is 4.98 Å². The normalized spacial score (nSPS) is 20.2. The van der Waals surface area contributed by atoms with Crippen molar-refractivity contribution >= 4 is 22.5 Å². The van der Waals surface area contributed by atoms with Crippen LogP contribution in [0.15, 0.2) is 24.4 Å². The van der Waals surface area contributed by atoms with E-state index < -0.39 is 24.2 Å². The van der Waals surface area contributed by atoms with Gasteiger partial charge in [-0.05, 0) is 38.1 Å². The molecule has 0 saturated carbocycles. The molecule has 1 fully saturated rings. The fourth-order valence-corrected chi connectivity index (χ4v) is 4.38. The lowest BCUT2D eigenvalue weighted by molar-refractivity contribution is 0.149. The van der Waals surface area contributed by atoms with Crippen LogP contribution in [0.25, 0.3) is 27.7 Å². The quantitative estimate of drug-likeness (QED) is 0.460. The lowest BCUT2D eigenvalue weighted by Crippen LogP contribution is -2.46. The average molecular weight is 474 g/mol. The summed E-state index contributed by atoms with van der Waals surface area (Å²) >= 11 is 0. The molecule has 0 radical (unpaired) electrons.